The van der Waals surface area contributed by atoms with Crippen molar-refractivity contribution in [3.05, 3.63) is 23.7 Å². The van der Waals surface area contributed by atoms with E-state index in [9.17, 15) is 19.8 Å². The van der Waals surface area contributed by atoms with Gasteiger partial charge in [-0.2, -0.15) is 0 Å². The third-order valence-electron chi connectivity index (χ3n) is 0.813. The minimum Gasteiger partial charge on any atom is -0.876 e. The standard InChI is InChI=1S/2C5H8O2.Cu/c2*1-4(6)3-5(2)7;/h2*3,6H,1-2H3;/p-2. The van der Waals surface area contributed by atoms with Crippen LogP contribution in [0.25, 0.3) is 0 Å². The summed E-state index contributed by atoms with van der Waals surface area (Å²) in [6.07, 6.45) is 2.11. The Morgan fingerprint density at radius 1 is 0.800 bits per heavy atom. The second-order valence-corrected chi connectivity index (χ2v) is 2.73. The number of hydrogen-bond donors (Lipinski definition) is 0. The minimum atomic E-state index is -0.187. The molecule has 0 saturated heterocycles. The van der Waals surface area contributed by atoms with Crippen LogP contribution in [0.1, 0.15) is 27.7 Å². The number of rotatable bonds is 2. The average molecular weight is 262 g/mol. The molecule has 0 aliphatic heterocycles. The first-order chi connectivity index (χ1) is 6.25. The fourth-order valence-corrected chi connectivity index (χ4v) is 0.572. The van der Waals surface area contributed by atoms with Crippen LogP contribution in [0.4, 0.5) is 0 Å². The van der Waals surface area contributed by atoms with E-state index in [1.165, 1.54) is 27.7 Å². The largest absolute Gasteiger partial charge is 0.876 e. The Morgan fingerprint density at radius 3 is 1.00 bits per heavy atom. The Morgan fingerprint density at radius 2 is 1.00 bits per heavy atom. The van der Waals surface area contributed by atoms with Crippen molar-refractivity contribution in [3.8, 4) is 0 Å². The van der Waals surface area contributed by atoms with Crippen LogP contribution in [0.3, 0.4) is 0 Å². The van der Waals surface area contributed by atoms with Crippen LogP contribution >= 0.6 is 0 Å². The summed E-state index contributed by atoms with van der Waals surface area (Å²) in [6, 6.07) is 0. The van der Waals surface area contributed by atoms with Crippen LogP contribution in [0.15, 0.2) is 23.7 Å². The third kappa shape index (κ3) is 32.2. The Bertz CT molecular complexity index is 231. The molecule has 15 heavy (non-hydrogen) atoms. The summed E-state index contributed by atoms with van der Waals surface area (Å²) in [7, 11) is 0. The van der Waals surface area contributed by atoms with Crippen LogP contribution in [0.2, 0.25) is 0 Å². The van der Waals surface area contributed by atoms with Gasteiger partial charge in [0.2, 0.25) is 0 Å². The second-order valence-electron chi connectivity index (χ2n) is 2.73. The van der Waals surface area contributed by atoms with E-state index in [0.29, 0.717) is 0 Å². The van der Waals surface area contributed by atoms with Crippen LogP contribution in [0, 0.1) is 0 Å². The van der Waals surface area contributed by atoms with Gasteiger partial charge in [0.25, 0.3) is 0 Å². The Balaban J connectivity index is -0.000000180. The number of carbonyl (C=O) groups is 2. The van der Waals surface area contributed by atoms with Gasteiger partial charge in [0, 0.05) is 17.1 Å². The zero-order valence-corrected chi connectivity index (χ0v) is 10.0. The van der Waals surface area contributed by atoms with Gasteiger partial charge in [0.15, 0.2) is 11.6 Å². The van der Waals surface area contributed by atoms with Crippen molar-refractivity contribution in [1.29, 1.82) is 0 Å². The summed E-state index contributed by atoms with van der Waals surface area (Å²) in [5.41, 5.74) is 0. The predicted octanol–water partition coefficient (Wildman–Crippen LogP) is -0.324. The fourth-order valence-electron chi connectivity index (χ4n) is 0.572. The van der Waals surface area contributed by atoms with Crippen molar-refractivity contribution in [2.45, 2.75) is 27.7 Å². The van der Waals surface area contributed by atoms with Crippen molar-refractivity contribution in [2.24, 2.45) is 0 Å². The topological polar surface area (TPSA) is 80.3 Å². The molecule has 1 radical (unpaired) electrons. The predicted molar refractivity (Wildman–Crippen MR) is 48.9 cm³/mol. The molecule has 0 fully saturated rings. The molecule has 0 aromatic heterocycles. The van der Waals surface area contributed by atoms with Gasteiger partial charge in [-0.25, -0.2) is 0 Å². The molecule has 0 aliphatic carbocycles. The first kappa shape index (κ1) is 19.5. The maximum Gasteiger partial charge on any atom is 0.151 e. The number of carbonyl (C=O) groups excluding carboxylic acids is 2. The molecule has 0 bridgehead atoms. The molecule has 4 nitrogen and oxygen atoms in total. The van der Waals surface area contributed by atoms with Gasteiger partial charge in [-0.1, -0.05) is 13.8 Å². The zero-order chi connectivity index (χ0) is 11.7. The fraction of sp³-hybridized carbons (Fsp3) is 0.400. The molecule has 0 aromatic carbocycles. The van der Waals surface area contributed by atoms with Gasteiger partial charge >= 0.3 is 0 Å². The van der Waals surface area contributed by atoms with Crippen molar-refractivity contribution < 1.29 is 36.9 Å². The summed E-state index contributed by atoms with van der Waals surface area (Å²) >= 11 is 0. The molecule has 91 valence electrons. The van der Waals surface area contributed by atoms with Gasteiger partial charge in [-0.15, -0.1) is 11.5 Å². The number of hydrogen-bond acceptors (Lipinski definition) is 4. The molecular formula is C10H14CuO4-2. The van der Waals surface area contributed by atoms with E-state index in [1.807, 2.05) is 0 Å². The van der Waals surface area contributed by atoms with Gasteiger partial charge in [0.1, 0.15) is 0 Å². The van der Waals surface area contributed by atoms with Crippen molar-refractivity contribution in [1.82, 2.24) is 0 Å². The summed E-state index contributed by atoms with van der Waals surface area (Å²) < 4.78 is 0. The molecule has 0 heterocycles. The third-order valence-corrected chi connectivity index (χ3v) is 0.813. The molecule has 0 spiro atoms. The van der Waals surface area contributed by atoms with Crippen molar-refractivity contribution in [2.75, 3.05) is 0 Å². The van der Waals surface area contributed by atoms with Gasteiger partial charge < -0.3 is 10.2 Å². The summed E-state index contributed by atoms with van der Waals surface area (Å²) in [5, 5.41) is 20.0. The molecule has 0 unspecified atom stereocenters. The Kier molecular flexibility index (Phi) is 14.3. The molecule has 0 amide bonds. The SMILES string of the molecule is CC(=O)C=C(C)[O-].CC(=O)C=C(C)[O-].[Cu]. The number of ketones is 2. The van der Waals surface area contributed by atoms with E-state index >= 15 is 0 Å². The molecular weight excluding hydrogens is 248 g/mol. The molecule has 0 rings (SSSR count). The van der Waals surface area contributed by atoms with E-state index in [4.69, 9.17) is 0 Å². The molecule has 0 saturated carbocycles. The van der Waals surface area contributed by atoms with E-state index < -0.39 is 0 Å². The van der Waals surface area contributed by atoms with E-state index in [1.54, 1.807) is 0 Å². The van der Waals surface area contributed by atoms with Crippen LogP contribution < -0.4 is 10.2 Å². The van der Waals surface area contributed by atoms with Crippen molar-refractivity contribution >= 4 is 11.6 Å². The number of allylic oxidation sites excluding steroid dienone is 4. The molecule has 0 aromatic rings. The maximum atomic E-state index is 9.98. The molecule has 0 atom stereocenters. The summed E-state index contributed by atoms with van der Waals surface area (Å²) in [4.78, 5) is 20.0. The van der Waals surface area contributed by atoms with Gasteiger partial charge in [0.05, 0.1) is 0 Å². The summed E-state index contributed by atoms with van der Waals surface area (Å²) in [6.45, 7) is 5.39. The Hall–Kier alpha value is -1.06. The maximum absolute atomic E-state index is 9.98. The van der Waals surface area contributed by atoms with Gasteiger partial charge in [-0.05, 0) is 26.0 Å². The average Bonchev–Trinajstić information content (AvgIpc) is 1.79. The molecule has 0 N–H and O–H groups in total. The van der Waals surface area contributed by atoms with E-state index in [2.05, 4.69) is 0 Å². The minimum absolute atomic E-state index is 0. The van der Waals surface area contributed by atoms with Crippen LogP contribution in [-0.2, 0) is 26.7 Å². The molecule has 0 aliphatic rings. The van der Waals surface area contributed by atoms with Crippen LogP contribution in [-0.4, -0.2) is 11.6 Å². The molecule has 5 heteroatoms. The smallest absolute Gasteiger partial charge is 0.151 e. The van der Waals surface area contributed by atoms with E-state index in [-0.39, 0.29) is 40.2 Å². The van der Waals surface area contributed by atoms with E-state index in [0.717, 1.165) is 12.2 Å². The zero-order valence-electron chi connectivity index (χ0n) is 9.09. The van der Waals surface area contributed by atoms with Crippen LogP contribution in [0.5, 0.6) is 0 Å². The first-order valence-corrected chi connectivity index (χ1v) is 3.97. The van der Waals surface area contributed by atoms with Gasteiger partial charge in [-0.3, -0.25) is 9.59 Å². The summed E-state index contributed by atoms with van der Waals surface area (Å²) in [5.74, 6) is -0.750. The normalized spacial score (nSPS) is 10.7. The quantitative estimate of drug-likeness (QED) is 0.388. The van der Waals surface area contributed by atoms with Crippen molar-refractivity contribution in [3.63, 3.8) is 0 Å². The second kappa shape index (κ2) is 11.0. The Labute approximate surface area is 100 Å². The monoisotopic (exact) mass is 261 g/mol. The first-order valence-electron chi connectivity index (χ1n) is 3.97.